The van der Waals surface area contributed by atoms with Crippen molar-refractivity contribution in [3.63, 3.8) is 0 Å². The Labute approximate surface area is 120 Å². The Morgan fingerprint density at radius 2 is 1.89 bits per heavy atom. The molecule has 2 nitrogen and oxygen atoms in total. The predicted octanol–water partition coefficient (Wildman–Crippen LogP) is 4.14. The van der Waals surface area contributed by atoms with Crippen molar-refractivity contribution < 1.29 is 9.50 Å². The molecule has 0 radical (unpaired) electrons. The molecule has 0 heterocycles. The topological polar surface area (TPSA) is 32.3 Å². The Hall–Kier alpha value is -1.39. The largest absolute Gasteiger partial charge is 0.508 e. The highest BCUT2D eigenvalue weighted by molar-refractivity contribution is 9.10. The molecule has 2 aromatic carbocycles. The molecule has 4 heteroatoms. The van der Waals surface area contributed by atoms with Crippen LogP contribution in [0.4, 0.5) is 4.39 Å². The van der Waals surface area contributed by atoms with E-state index < -0.39 is 0 Å². The summed E-state index contributed by atoms with van der Waals surface area (Å²) in [6, 6.07) is 11.9. The zero-order valence-electron chi connectivity index (χ0n) is 10.5. The number of hydrogen-bond acceptors (Lipinski definition) is 2. The van der Waals surface area contributed by atoms with E-state index in [0.29, 0.717) is 6.54 Å². The smallest absolute Gasteiger partial charge is 0.124 e. The van der Waals surface area contributed by atoms with Gasteiger partial charge >= 0.3 is 0 Å². The molecule has 0 saturated carbocycles. The summed E-state index contributed by atoms with van der Waals surface area (Å²) in [5, 5.41) is 12.6. The van der Waals surface area contributed by atoms with Gasteiger partial charge in [0.2, 0.25) is 0 Å². The first kappa shape index (κ1) is 14.0. The van der Waals surface area contributed by atoms with Crippen molar-refractivity contribution in [1.29, 1.82) is 0 Å². The third-order valence-corrected chi connectivity index (χ3v) is 3.66. The van der Waals surface area contributed by atoms with Gasteiger partial charge in [-0.15, -0.1) is 0 Å². The standard InChI is InChI=1S/C15H15BrFNO/c1-10(14-7-4-12(17)8-15(14)16)18-9-11-2-5-13(19)6-3-11/h2-8,10,18-19H,9H2,1H3. The van der Waals surface area contributed by atoms with Crippen LogP contribution in [0.5, 0.6) is 5.75 Å². The van der Waals surface area contributed by atoms with Gasteiger partial charge in [0.15, 0.2) is 0 Å². The van der Waals surface area contributed by atoms with Crippen LogP contribution in [-0.4, -0.2) is 5.11 Å². The summed E-state index contributed by atoms with van der Waals surface area (Å²) in [6.45, 7) is 2.71. The number of nitrogens with one attached hydrogen (secondary N) is 1. The lowest BCUT2D eigenvalue weighted by Crippen LogP contribution is -2.18. The van der Waals surface area contributed by atoms with Crippen LogP contribution in [-0.2, 0) is 6.54 Å². The summed E-state index contributed by atoms with van der Waals surface area (Å²) in [6.07, 6.45) is 0. The van der Waals surface area contributed by atoms with E-state index in [1.54, 1.807) is 18.2 Å². The quantitative estimate of drug-likeness (QED) is 0.886. The van der Waals surface area contributed by atoms with Gasteiger partial charge in [0.1, 0.15) is 11.6 Å². The minimum atomic E-state index is -0.249. The number of rotatable bonds is 4. The van der Waals surface area contributed by atoms with Crippen LogP contribution in [0.1, 0.15) is 24.1 Å². The maximum absolute atomic E-state index is 13.0. The van der Waals surface area contributed by atoms with Crippen molar-refractivity contribution in [3.05, 3.63) is 63.9 Å². The highest BCUT2D eigenvalue weighted by Crippen LogP contribution is 2.24. The lowest BCUT2D eigenvalue weighted by molar-refractivity contribution is 0.474. The van der Waals surface area contributed by atoms with Gasteiger partial charge in [-0.05, 0) is 42.3 Å². The second kappa shape index (κ2) is 6.17. The second-order valence-electron chi connectivity index (χ2n) is 4.43. The monoisotopic (exact) mass is 323 g/mol. The van der Waals surface area contributed by atoms with Gasteiger partial charge in [-0.2, -0.15) is 0 Å². The Balaban J connectivity index is 2.01. The molecule has 1 unspecified atom stereocenters. The van der Waals surface area contributed by atoms with Crippen LogP contribution >= 0.6 is 15.9 Å². The van der Waals surface area contributed by atoms with Crippen molar-refractivity contribution in [1.82, 2.24) is 5.32 Å². The lowest BCUT2D eigenvalue weighted by atomic mass is 10.1. The highest BCUT2D eigenvalue weighted by atomic mass is 79.9. The molecule has 0 aromatic heterocycles. The van der Waals surface area contributed by atoms with E-state index in [-0.39, 0.29) is 17.6 Å². The fourth-order valence-corrected chi connectivity index (χ4v) is 2.54. The SMILES string of the molecule is CC(NCc1ccc(O)cc1)c1ccc(F)cc1Br. The molecule has 2 N–H and O–H groups in total. The van der Waals surface area contributed by atoms with E-state index in [4.69, 9.17) is 0 Å². The summed E-state index contributed by atoms with van der Waals surface area (Å²) < 4.78 is 13.8. The Bertz CT molecular complexity index is 557. The van der Waals surface area contributed by atoms with Crippen LogP contribution in [0, 0.1) is 5.82 Å². The van der Waals surface area contributed by atoms with Gasteiger partial charge < -0.3 is 10.4 Å². The molecule has 0 aliphatic heterocycles. The molecule has 0 amide bonds. The van der Waals surface area contributed by atoms with Gasteiger partial charge in [0.05, 0.1) is 0 Å². The number of halogens is 2. The summed E-state index contributed by atoms with van der Waals surface area (Å²) in [7, 11) is 0. The van der Waals surface area contributed by atoms with Crippen molar-refractivity contribution >= 4 is 15.9 Å². The van der Waals surface area contributed by atoms with E-state index in [1.165, 1.54) is 12.1 Å². The Morgan fingerprint density at radius 1 is 1.21 bits per heavy atom. The van der Waals surface area contributed by atoms with Crippen LogP contribution in [0.2, 0.25) is 0 Å². The van der Waals surface area contributed by atoms with Gasteiger partial charge in [0, 0.05) is 17.1 Å². The molecule has 0 aliphatic carbocycles. The van der Waals surface area contributed by atoms with E-state index in [2.05, 4.69) is 21.2 Å². The average Bonchev–Trinajstić information content (AvgIpc) is 2.37. The average molecular weight is 324 g/mol. The normalized spacial score (nSPS) is 12.4. The van der Waals surface area contributed by atoms with Crippen molar-refractivity contribution in [2.75, 3.05) is 0 Å². The van der Waals surface area contributed by atoms with Crippen molar-refractivity contribution in [2.45, 2.75) is 19.5 Å². The molecule has 1 atom stereocenters. The fourth-order valence-electron chi connectivity index (χ4n) is 1.85. The number of aromatic hydroxyl groups is 1. The third kappa shape index (κ3) is 3.78. The summed E-state index contributed by atoms with van der Waals surface area (Å²) in [5.74, 6) is 0.0134. The molecule has 19 heavy (non-hydrogen) atoms. The number of phenols is 1. The highest BCUT2D eigenvalue weighted by Gasteiger charge is 2.09. The molecule has 100 valence electrons. The molecular weight excluding hydrogens is 309 g/mol. The fraction of sp³-hybridized carbons (Fsp3) is 0.200. The van der Waals surface area contributed by atoms with Gasteiger partial charge in [0.25, 0.3) is 0 Å². The van der Waals surface area contributed by atoms with Gasteiger partial charge in [-0.3, -0.25) is 0 Å². The third-order valence-electron chi connectivity index (χ3n) is 2.98. The van der Waals surface area contributed by atoms with Crippen LogP contribution in [0.15, 0.2) is 46.9 Å². The first-order chi connectivity index (χ1) is 9.06. The predicted molar refractivity (Wildman–Crippen MR) is 77.5 cm³/mol. The molecule has 0 spiro atoms. The minimum Gasteiger partial charge on any atom is -0.508 e. The molecule has 2 rings (SSSR count). The van der Waals surface area contributed by atoms with Gasteiger partial charge in [-0.25, -0.2) is 4.39 Å². The maximum Gasteiger partial charge on any atom is 0.124 e. The van der Waals surface area contributed by atoms with Crippen molar-refractivity contribution in [3.8, 4) is 5.75 Å². The maximum atomic E-state index is 13.0. The van der Waals surface area contributed by atoms with E-state index in [0.717, 1.165) is 15.6 Å². The van der Waals surface area contributed by atoms with Gasteiger partial charge in [-0.1, -0.05) is 34.1 Å². The zero-order valence-corrected chi connectivity index (χ0v) is 12.1. The molecule has 0 aliphatic rings. The first-order valence-corrected chi connectivity index (χ1v) is 6.82. The zero-order chi connectivity index (χ0) is 13.8. The number of benzene rings is 2. The van der Waals surface area contributed by atoms with Crippen LogP contribution < -0.4 is 5.32 Å². The Kier molecular flexibility index (Phi) is 4.56. The van der Waals surface area contributed by atoms with Crippen LogP contribution in [0.25, 0.3) is 0 Å². The first-order valence-electron chi connectivity index (χ1n) is 6.02. The molecule has 2 aromatic rings. The van der Waals surface area contributed by atoms with E-state index in [1.807, 2.05) is 19.1 Å². The molecule has 0 fully saturated rings. The summed E-state index contributed by atoms with van der Waals surface area (Å²) in [4.78, 5) is 0. The summed E-state index contributed by atoms with van der Waals surface area (Å²) >= 11 is 3.37. The van der Waals surface area contributed by atoms with Crippen LogP contribution in [0.3, 0.4) is 0 Å². The molecule has 0 saturated heterocycles. The number of phenolic OH excluding ortho intramolecular Hbond substituents is 1. The lowest BCUT2D eigenvalue weighted by Gasteiger charge is -2.16. The molecular formula is C15H15BrFNO. The second-order valence-corrected chi connectivity index (χ2v) is 5.29. The number of hydrogen-bond donors (Lipinski definition) is 2. The van der Waals surface area contributed by atoms with E-state index >= 15 is 0 Å². The minimum absolute atomic E-state index is 0.101. The van der Waals surface area contributed by atoms with E-state index in [9.17, 15) is 9.50 Å². The summed E-state index contributed by atoms with van der Waals surface area (Å²) in [5.41, 5.74) is 2.10. The molecule has 0 bridgehead atoms. The van der Waals surface area contributed by atoms with Crippen molar-refractivity contribution in [2.24, 2.45) is 0 Å². The Morgan fingerprint density at radius 3 is 2.53 bits per heavy atom.